The molecular formula is C26H44O6. The Morgan fingerprint density at radius 3 is 2.47 bits per heavy atom. The highest BCUT2D eigenvalue weighted by molar-refractivity contribution is 6.06. The van der Waals surface area contributed by atoms with Crippen LogP contribution in [0.5, 0.6) is 0 Å². The van der Waals surface area contributed by atoms with Gasteiger partial charge in [0, 0.05) is 18.8 Å². The van der Waals surface area contributed by atoms with Gasteiger partial charge < -0.3 is 14.6 Å². The molecule has 1 fully saturated rings. The third-order valence-electron chi connectivity index (χ3n) is 6.54. The number of carbonyl (C=O) groups excluding carboxylic acids is 3. The van der Waals surface area contributed by atoms with Crippen molar-refractivity contribution in [3.63, 3.8) is 0 Å². The van der Waals surface area contributed by atoms with Gasteiger partial charge in [0.15, 0.2) is 5.78 Å². The topological polar surface area (TPSA) is 89.9 Å². The summed E-state index contributed by atoms with van der Waals surface area (Å²) >= 11 is 0. The van der Waals surface area contributed by atoms with Crippen LogP contribution in [0, 0.1) is 17.3 Å². The molecule has 0 saturated heterocycles. The van der Waals surface area contributed by atoms with E-state index in [0.29, 0.717) is 45.1 Å². The summed E-state index contributed by atoms with van der Waals surface area (Å²) in [5, 5.41) is 10.3. The molecule has 1 aliphatic carbocycles. The van der Waals surface area contributed by atoms with Crippen molar-refractivity contribution in [1.29, 1.82) is 0 Å². The lowest BCUT2D eigenvalue weighted by atomic mass is 9.71. The first-order valence-corrected chi connectivity index (χ1v) is 12.5. The summed E-state index contributed by atoms with van der Waals surface area (Å²) < 4.78 is 10.3. The summed E-state index contributed by atoms with van der Waals surface area (Å²) in [5.41, 5.74) is -1.16. The number of esters is 2. The SMILES string of the molecule is CCCCC[C@H](O)C=C[C@H]1CCC(=O)[C@@]1(CCC(C)CCCC(=O)OCC)C(=O)OCC. The number of rotatable bonds is 16. The number of aliphatic hydroxyl groups excluding tert-OH is 1. The first-order chi connectivity index (χ1) is 15.3. The molecule has 0 spiro atoms. The van der Waals surface area contributed by atoms with Gasteiger partial charge in [-0.3, -0.25) is 14.4 Å². The van der Waals surface area contributed by atoms with Crippen molar-refractivity contribution >= 4 is 17.7 Å². The van der Waals surface area contributed by atoms with E-state index >= 15 is 0 Å². The fraction of sp³-hybridized carbons (Fsp3) is 0.808. The zero-order chi connectivity index (χ0) is 24.0. The number of aliphatic hydroxyl groups is 1. The van der Waals surface area contributed by atoms with Gasteiger partial charge in [-0.1, -0.05) is 51.7 Å². The van der Waals surface area contributed by atoms with Crippen molar-refractivity contribution in [2.75, 3.05) is 13.2 Å². The molecule has 1 rings (SSSR count). The molecule has 0 heterocycles. The standard InChI is InChI=1S/C26H44O6/c1-5-8-9-12-22(27)16-14-21-15-17-23(28)26(21,25(30)32-7-3)19-18-20(4)11-10-13-24(29)31-6-2/h14,16,20-22,27H,5-13,15,17-19H2,1-4H3/t20?,21-,22-,26-/m0/s1. The Morgan fingerprint density at radius 2 is 1.81 bits per heavy atom. The Balaban J connectivity index is 2.82. The maximum absolute atomic E-state index is 13.0. The van der Waals surface area contributed by atoms with E-state index in [4.69, 9.17) is 9.47 Å². The molecule has 1 N–H and O–H groups in total. The van der Waals surface area contributed by atoms with Gasteiger partial charge in [0.1, 0.15) is 5.41 Å². The second kappa shape index (κ2) is 15.2. The summed E-state index contributed by atoms with van der Waals surface area (Å²) in [5.74, 6) is -0.646. The molecule has 6 nitrogen and oxygen atoms in total. The van der Waals surface area contributed by atoms with E-state index in [9.17, 15) is 19.5 Å². The zero-order valence-corrected chi connectivity index (χ0v) is 20.6. The van der Waals surface area contributed by atoms with Crippen LogP contribution in [-0.2, 0) is 23.9 Å². The Kier molecular flexibility index (Phi) is 13.5. The van der Waals surface area contributed by atoms with Crippen LogP contribution in [0.25, 0.3) is 0 Å². The van der Waals surface area contributed by atoms with Crippen LogP contribution in [0.2, 0.25) is 0 Å². The molecule has 1 unspecified atom stereocenters. The highest BCUT2D eigenvalue weighted by Crippen LogP contribution is 2.47. The number of carbonyl (C=O) groups is 3. The van der Waals surface area contributed by atoms with Gasteiger partial charge in [0.25, 0.3) is 0 Å². The molecule has 32 heavy (non-hydrogen) atoms. The minimum absolute atomic E-state index is 0.0511. The lowest BCUT2D eigenvalue weighted by Crippen LogP contribution is -2.42. The number of ketones is 1. The van der Waals surface area contributed by atoms with E-state index in [1.54, 1.807) is 19.9 Å². The van der Waals surface area contributed by atoms with E-state index in [1.807, 2.05) is 6.08 Å². The van der Waals surface area contributed by atoms with E-state index < -0.39 is 17.5 Å². The average Bonchev–Trinajstić information content (AvgIpc) is 3.07. The molecule has 4 atom stereocenters. The third-order valence-corrected chi connectivity index (χ3v) is 6.54. The third kappa shape index (κ3) is 8.68. The molecule has 0 radical (unpaired) electrons. The minimum Gasteiger partial charge on any atom is -0.466 e. The van der Waals surface area contributed by atoms with E-state index in [1.165, 1.54) is 0 Å². The summed E-state index contributed by atoms with van der Waals surface area (Å²) in [6, 6.07) is 0. The lowest BCUT2D eigenvalue weighted by Gasteiger charge is -2.31. The fourth-order valence-corrected chi connectivity index (χ4v) is 4.58. The van der Waals surface area contributed by atoms with Crippen LogP contribution >= 0.6 is 0 Å². The molecule has 184 valence electrons. The van der Waals surface area contributed by atoms with Crippen LogP contribution in [0.4, 0.5) is 0 Å². The van der Waals surface area contributed by atoms with Crippen molar-refractivity contribution in [3.05, 3.63) is 12.2 Å². The largest absolute Gasteiger partial charge is 0.466 e. The molecule has 0 aromatic heterocycles. The Morgan fingerprint density at radius 1 is 1.09 bits per heavy atom. The lowest BCUT2D eigenvalue weighted by molar-refractivity contribution is -0.161. The van der Waals surface area contributed by atoms with Crippen molar-refractivity contribution in [1.82, 2.24) is 0 Å². The van der Waals surface area contributed by atoms with Crippen molar-refractivity contribution in [2.45, 2.75) is 104 Å². The van der Waals surface area contributed by atoms with Crippen LogP contribution in [0.3, 0.4) is 0 Å². The second-order valence-electron chi connectivity index (χ2n) is 9.05. The normalized spacial score (nSPS) is 22.8. The monoisotopic (exact) mass is 452 g/mol. The van der Waals surface area contributed by atoms with Crippen LogP contribution in [0.15, 0.2) is 12.2 Å². The number of unbranched alkanes of at least 4 members (excludes halogenated alkanes) is 2. The van der Waals surface area contributed by atoms with Gasteiger partial charge in [-0.15, -0.1) is 0 Å². The molecule has 0 aliphatic heterocycles. The highest BCUT2D eigenvalue weighted by Gasteiger charge is 2.55. The zero-order valence-electron chi connectivity index (χ0n) is 20.6. The molecule has 1 saturated carbocycles. The Bertz CT molecular complexity index is 613. The maximum Gasteiger partial charge on any atom is 0.320 e. The van der Waals surface area contributed by atoms with Crippen molar-refractivity contribution < 1.29 is 29.0 Å². The second-order valence-corrected chi connectivity index (χ2v) is 9.05. The molecule has 0 bridgehead atoms. The Labute approximate surface area is 194 Å². The fourth-order valence-electron chi connectivity index (χ4n) is 4.58. The minimum atomic E-state index is -1.16. The summed E-state index contributed by atoms with van der Waals surface area (Å²) in [7, 11) is 0. The molecule has 6 heteroatoms. The van der Waals surface area contributed by atoms with Crippen LogP contribution in [-0.4, -0.2) is 42.1 Å². The van der Waals surface area contributed by atoms with Gasteiger partial charge >= 0.3 is 11.9 Å². The average molecular weight is 453 g/mol. The molecule has 0 amide bonds. The first kappa shape index (κ1) is 28.3. The van der Waals surface area contributed by atoms with Gasteiger partial charge in [0.05, 0.1) is 19.3 Å². The van der Waals surface area contributed by atoms with Crippen molar-refractivity contribution in [3.8, 4) is 0 Å². The Hall–Kier alpha value is -1.69. The molecule has 1 aliphatic rings. The van der Waals surface area contributed by atoms with E-state index in [0.717, 1.165) is 32.1 Å². The number of hydrogen-bond acceptors (Lipinski definition) is 6. The predicted octanol–water partition coefficient (Wildman–Crippen LogP) is 5.16. The summed E-state index contributed by atoms with van der Waals surface area (Å²) in [4.78, 5) is 37.6. The number of allylic oxidation sites excluding steroid dienone is 1. The number of hydrogen-bond donors (Lipinski definition) is 1. The molecule has 0 aromatic rings. The quantitative estimate of drug-likeness (QED) is 0.150. The molecular weight excluding hydrogens is 408 g/mol. The van der Waals surface area contributed by atoms with Crippen LogP contribution < -0.4 is 0 Å². The van der Waals surface area contributed by atoms with Gasteiger partial charge in [-0.25, -0.2) is 0 Å². The molecule has 0 aromatic carbocycles. The number of ether oxygens (including phenoxy) is 2. The highest BCUT2D eigenvalue weighted by atomic mass is 16.5. The summed E-state index contributed by atoms with van der Waals surface area (Å²) in [6.45, 7) is 8.39. The van der Waals surface area contributed by atoms with Gasteiger partial charge in [-0.05, 0) is 51.9 Å². The predicted molar refractivity (Wildman–Crippen MR) is 125 cm³/mol. The maximum atomic E-state index is 13.0. The first-order valence-electron chi connectivity index (χ1n) is 12.5. The van der Waals surface area contributed by atoms with Gasteiger partial charge in [0.2, 0.25) is 0 Å². The van der Waals surface area contributed by atoms with E-state index in [-0.39, 0.29) is 30.2 Å². The smallest absolute Gasteiger partial charge is 0.320 e. The number of Topliss-reactive ketones (excluding diaryl/α,β-unsaturated/α-hetero) is 1. The van der Waals surface area contributed by atoms with Crippen LogP contribution in [0.1, 0.15) is 98.3 Å². The van der Waals surface area contributed by atoms with Crippen molar-refractivity contribution in [2.24, 2.45) is 17.3 Å². The van der Waals surface area contributed by atoms with E-state index in [2.05, 4.69) is 13.8 Å². The summed E-state index contributed by atoms with van der Waals surface area (Å²) in [6.07, 6.45) is 11.0. The van der Waals surface area contributed by atoms with Gasteiger partial charge in [-0.2, -0.15) is 0 Å².